The molecule has 9 heteroatoms. The molecule has 0 bridgehead atoms. The van der Waals surface area contributed by atoms with Gasteiger partial charge in [-0.25, -0.2) is 9.78 Å². The highest BCUT2D eigenvalue weighted by atomic mass is 127. The first kappa shape index (κ1) is 16.4. The second kappa shape index (κ2) is 6.23. The largest absolute Gasteiger partial charge is 0.477 e. The van der Waals surface area contributed by atoms with Gasteiger partial charge in [-0.15, -0.1) is 0 Å². The Morgan fingerprint density at radius 2 is 2.12 bits per heavy atom. The average molecular weight is 439 g/mol. The molecular weight excluding hydrogens is 425 g/mol. The summed E-state index contributed by atoms with van der Waals surface area (Å²) in [6.45, 7) is 1.93. The van der Waals surface area contributed by atoms with Crippen molar-refractivity contribution in [2.45, 2.75) is 13.5 Å². The van der Waals surface area contributed by atoms with E-state index in [0.717, 1.165) is 14.9 Å². The molecule has 0 fully saturated rings. The molecule has 0 aromatic carbocycles. The van der Waals surface area contributed by atoms with Crippen molar-refractivity contribution in [3.63, 3.8) is 0 Å². The number of aromatic carboxylic acids is 1. The van der Waals surface area contributed by atoms with Crippen LogP contribution in [0.4, 0.5) is 0 Å². The van der Waals surface area contributed by atoms with E-state index in [1.807, 2.05) is 17.4 Å². The smallest absolute Gasteiger partial charge is 0.354 e. The highest BCUT2D eigenvalue weighted by molar-refractivity contribution is 14.1. The maximum absolute atomic E-state index is 12.5. The zero-order valence-electron chi connectivity index (χ0n) is 12.9. The summed E-state index contributed by atoms with van der Waals surface area (Å²) in [6, 6.07) is 1.84. The number of nitrogens with zero attached hydrogens (tertiary/aromatic N) is 4. The van der Waals surface area contributed by atoms with Gasteiger partial charge in [-0.05, 0) is 41.1 Å². The number of hydrogen-bond donors (Lipinski definition) is 2. The van der Waals surface area contributed by atoms with Crippen molar-refractivity contribution < 1.29 is 14.7 Å². The molecule has 0 aliphatic carbocycles. The molecule has 3 aromatic heterocycles. The van der Waals surface area contributed by atoms with Gasteiger partial charge in [0, 0.05) is 25.4 Å². The Bertz CT molecular complexity index is 960. The minimum absolute atomic E-state index is 0.0617. The summed E-state index contributed by atoms with van der Waals surface area (Å²) in [4.78, 5) is 28.0. The van der Waals surface area contributed by atoms with Crippen LogP contribution in [0.15, 0.2) is 24.7 Å². The van der Waals surface area contributed by atoms with Crippen LogP contribution in [-0.4, -0.2) is 36.1 Å². The molecule has 0 spiro atoms. The lowest BCUT2D eigenvalue weighted by Crippen LogP contribution is -2.25. The molecule has 0 saturated carbocycles. The van der Waals surface area contributed by atoms with Crippen molar-refractivity contribution in [2.75, 3.05) is 0 Å². The monoisotopic (exact) mass is 439 g/mol. The van der Waals surface area contributed by atoms with Crippen LogP contribution in [0.25, 0.3) is 5.65 Å². The number of carbonyl (C=O) groups excluding carboxylic acids is 1. The maximum Gasteiger partial charge on any atom is 0.354 e. The molecule has 1 amide bonds. The maximum atomic E-state index is 12.5. The van der Waals surface area contributed by atoms with Crippen molar-refractivity contribution in [1.82, 2.24) is 24.5 Å². The SMILES string of the molecule is Cc1cc2ncc(I)n2cc1C(=O)NCc1cnn(C)c1C(=O)O. The average Bonchev–Trinajstić information content (AvgIpc) is 3.07. The highest BCUT2D eigenvalue weighted by Gasteiger charge is 2.17. The van der Waals surface area contributed by atoms with E-state index in [9.17, 15) is 14.7 Å². The second-order valence-electron chi connectivity index (χ2n) is 5.31. The van der Waals surface area contributed by atoms with Gasteiger partial charge in [0.05, 0.1) is 18.0 Å². The van der Waals surface area contributed by atoms with Crippen molar-refractivity contribution in [1.29, 1.82) is 0 Å². The number of aromatic nitrogens is 4. The van der Waals surface area contributed by atoms with Gasteiger partial charge >= 0.3 is 5.97 Å². The number of pyridine rings is 1. The van der Waals surface area contributed by atoms with Crippen LogP contribution in [0.3, 0.4) is 0 Å². The van der Waals surface area contributed by atoms with Gasteiger partial charge in [0.25, 0.3) is 5.91 Å². The fraction of sp³-hybridized carbons (Fsp3) is 0.200. The van der Waals surface area contributed by atoms with E-state index in [4.69, 9.17) is 0 Å². The molecule has 0 aliphatic heterocycles. The topological polar surface area (TPSA) is 102 Å². The lowest BCUT2D eigenvalue weighted by molar-refractivity contribution is 0.0682. The number of aryl methyl sites for hydroxylation is 2. The van der Waals surface area contributed by atoms with Crippen LogP contribution in [0.2, 0.25) is 0 Å². The number of carboxylic acid groups (broad SMARTS) is 1. The lowest BCUT2D eigenvalue weighted by atomic mass is 10.1. The summed E-state index contributed by atoms with van der Waals surface area (Å²) in [6.07, 6.45) is 4.90. The summed E-state index contributed by atoms with van der Waals surface area (Å²) in [7, 11) is 1.55. The molecule has 0 unspecified atom stereocenters. The van der Waals surface area contributed by atoms with E-state index in [-0.39, 0.29) is 18.1 Å². The third-order valence-electron chi connectivity index (χ3n) is 3.71. The molecule has 24 heavy (non-hydrogen) atoms. The third kappa shape index (κ3) is 2.86. The van der Waals surface area contributed by atoms with Gasteiger partial charge < -0.3 is 10.4 Å². The molecule has 2 N–H and O–H groups in total. The fourth-order valence-corrected chi connectivity index (χ4v) is 3.01. The van der Waals surface area contributed by atoms with E-state index >= 15 is 0 Å². The number of hydrogen-bond acceptors (Lipinski definition) is 4. The standard InChI is InChI=1S/C15H14IN5O3/c1-8-3-12-17-6-11(16)21(12)7-10(8)14(22)18-4-9-5-19-20(2)13(9)15(23)24/h3,5-7H,4H2,1-2H3,(H,18,22)(H,23,24). The number of rotatable bonds is 4. The predicted octanol–water partition coefficient (Wildman–Crippen LogP) is 1.61. The summed E-state index contributed by atoms with van der Waals surface area (Å²) in [5.41, 5.74) is 2.60. The molecule has 124 valence electrons. The summed E-state index contributed by atoms with van der Waals surface area (Å²) >= 11 is 2.14. The van der Waals surface area contributed by atoms with Crippen molar-refractivity contribution in [3.8, 4) is 0 Å². The molecule has 3 aromatic rings. The zero-order chi connectivity index (χ0) is 17.4. The predicted molar refractivity (Wildman–Crippen MR) is 94.0 cm³/mol. The molecule has 0 saturated heterocycles. The Hall–Kier alpha value is -2.43. The Kier molecular flexibility index (Phi) is 4.26. The van der Waals surface area contributed by atoms with Crippen LogP contribution in [0, 0.1) is 10.6 Å². The van der Waals surface area contributed by atoms with Gasteiger partial charge in [-0.2, -0.15) is 5.10 Å². The van der Waals surface area contributed by atoms with Crippen LogP contribution in [-0.2, 0) is 13.6 Å². The fourth-order valence-electron chi connectivity index (χ4n) is 2.49. The molecule has 3 heterocycles. The van der Waals surface area contributed by atoms with Crippen molar-refractivity contribution in [2.24, 2.45) is 7.05 Å². The van der Waals surface area contributed by atoms with Crippen LogP contribution < -0.4 is 5.32 Å². The first-order chi connectivity index (χ1) is 11.4. The number of imidazole rings is 1. The molecule has 8 nitrogen and oxygen atoms in total. The quantitative estimate of drug-likeness (QED) is 0.602. The lowest BCUT2D eigenvalue weighted by Gasteiger charge is -2.09. The van der Waals surface area contributed by atoms with Crippen LogP contribution in [0.1, 0.15) is 32.0 Å². The second-order valence-corrected chi connectivity index (χ2v) is 6.41. The minimum Gasteiger partial charge on any atom is -0.477 e. The van der Waals surface area contributed by atoms with Crippen molar-refractivity contribution in [3.05, 3.63) is 50.7 Å². The number of carboxylic acids is 1. The first-order valence-electron chi connectivity index (χ1n) is 7.04. The van der Waals surface area contributed by atoms with Gasteiger partial charge in [-0.1, -0.05) is 0 Å². The van der Waals surface area contributed by atoms with E-state index in [1.165, 1.54) is 10.9 Å². The number of fused-ring (bicyclic) bond motifs is 1. The highest BCUT2D eigenvalue weighted by Crippen LogP contribution is 2.16. The van der Waals surface area contributed by atoms with E-state index < -0.39 is 5.97 Å². The van der Waals surface area contributed by atoms with E-state index in [1.54, 1.807) is 19.4 Å². The number of halogens is 1. The summed E-state index contributed by atoms with van der Waals surface area (Å²) in [5.74, 6) is -1.36. The first-order valence-corrected chi connectivity index (χ1v) is 8.12. The molecule has 0 aliphatic rings. The van der Waals surface area contributed by atoms with Gasteiger partial charge in [0.2, 0.25) is 0 Å². The van der Waals surface area contributed by atoms with Crippen molar-refractivity contribution >= 4 is 40.1 Å². The summed E-state index contributed by atoms with van der Waals surface area (Å²) < 4.78 is 4.00. The van der Waals surface area contributed by atoms with Gasteiger partial charge in [0.1, 0.15) is 9.35 Å². The Labute approximate surface area is 150 Å². The molecule has 0 radical (unpaired) electrons. The van der Waals surface area contributed by atoms with Crippen LogP contribution in [0.5, 0.6) is 0 Å². The molecule has 3 rings (SSSR count). The number of nitrogens with one attached hydrogen (secondary N) is 1. The normalized spacial score (nSPS) is 11.0. The third-order valence-corrected chi connectivity index (χ3v) is 4.51. The minimum atomic E-state index is -1.08. The summed E-state index contributed by atoms with van der Waals surface area (Å²) in [5, 5.41) is 15.9. The number of carbonyl (C=O) groups is 2. The molecular formula is C15H14IN5O3. The Morgan fingerprint density at radius 3 is 2.83 bits per heavy atom. The van der Waals surface area contributed by atoms with E-state index in [2.05, 4.69) is 38.0 Å². The van der Waals surface area contributed by atoms with Gasteiger partial charge in [-0.3, -0.25) is 13.9 Å². The number of amides is 1. The van der Waals surface area contributed by atoms with E-state index in [0.29, 0.717) is 11.1 Å². The Morgan fingerprint density at radius 1 is 1.38 bits per heavy atom. The van der Waals surface area contributed by atoms with Crippen LogP contribution >= 0.6 is 22.6 Å². The Balaban J connectivity index is 1.84. The zero-order valence-corrected chi connectivity index (χ0v) is 15.1. The molecule has 0 atom stereocenters. The van der Waals surface area contributed by atoms with Gasteiger partial charge in [0.15, 0.2) is 5.69 Å².